The van der Waals surface area contributed by atoms with Crippen molar-refractivity contribution in [3.05, 3.63) is 53.6 Å². The van der Waals surface area contributed by atoms with E-state index in [4.69, 9.17) is 0 Å². The van der Waals surface area contributed by atoms with Crippen molar-refractivity contribution in [2.45, 2.75) is 13.0 Å². The molecule has 2 amide bonds. The predicted octanol–water partition coefficient (Wildman–Crippen LogP) is 1.02. The van der Waals surface area contributed by atoms with Gasteiger partial charge in [-0.15, -0.1) is 5.10 Å². The van der Waals surface area contributed by atoms with E-state index in [1.54, 1.807) is 34.0 Å². The van der Waals surface area contributed by atoms with Crippen molar-refractivity contribution in [1.82, 2.24) is 30.1 Å². The first-order chi connectivity index (χ1) is 14.0. The minimum atomic E-state index is -0.342. The first-order valence-electron chi connectivity index (χ1n) is 9.61. The molecule has 2 heterocycles. The second-order valence-electron chi connectivity index (χ2n) is 7.00. The van der Waals surface area contributed by atoms with Crippen LogP contribution >= 0.6 is 0 Å². The Morgan fingerprint density at radius 1 is 1.24 bits per heavy atom. The number of halogens is 1. The Morgan fingerprint density at radius 2 is 2.03 bits per heavy atom. The molecule has 0 bridgehead atoms. The number of nitrogens with one attached hydrogen (secondary N) is 1. The molecule has 0 saturated carbocycles. The lowest BCUT2D eigenvalue weighted by atomic mass is 10.2. The van der Waals surface area contributed by atoms with Crippen molar-refractivity contribution in [1.29, 1.82) is 0 Å². The molecular formula is C20H25FN6O2. The van der Waals surface area contributed by atoms with Crippen LogP contribution < -0.4 is 5.32 Å². The van der Waals surface area contributed by atoms with Gasteiger partial charge in [-0.05, 0) is 37.2 Å². The number of rotatable bonds is 7. The molecule has 9 heteroatoms. The third kappa shape index (κ3) is 6.21. The highest BCUT2D eigenvalue weighted by molar-refractivity contribution is 5.92. The van der Waals surface area contributed by atoms with Crippen LogP contribution in [0.5, 0.6) is 0 Å². The Kier molecular flexibility index (Phi) is 7.07. The monoisotopic (exact) mass is 400 g/mol. The highest BCUT2D eigenvalue weighted by Crippen LogP contribution is 2.06. The number of carbonyl (C=O) groups excluding carboxylic acids is 2. The van der Waals surface area contributed by atoms with Crippen LogP contribution in [0.15, 0.2) is 36.5 Å². The molecule has 8 nitrogen and oxygen atoms in total. The summed E-state index contributed by atoms with van der Waals surface area (Å²) in [6, 6.07) is 6.02. The molecular weight excluding hydrogens is 375 g/mol. The Morgan fingerprint density at radius 3 is 2.79 bits per heavy atom. The van der Waals surface area contributed by atoms with Crippen LogP contribution in [-0.2, 0) is 11.3 Å². The molecule has 0 atom stereocenters. The molecule has 1 aliphatic rings. The molecule has 1 aliphatic heterocycles. The quantitative estimate of drug-likeness (QED) is 0.554. The molecule has 0 unspecified atom stereocenters. The number of nitrogens with zero attached hydrogens (tertiary/aromatic N) is 5. The number of aromatic nitrogens is 3. The number of hydrogen-bond donors (Lipinski definition) is 1. The average Bonchev–Trinajstić information content (AvgIpc) is 3.19. The number of benzene rings is 1. The number of amides is 2. The van der Waals surface area contributed by atoms with Crippen LogP contribution in [0.1, 0.15) is 22.5 Å². The lowest BCUT2D eigenvalue weighted by Gasteiger charge is -2.31. The van der Waals surface area contributed by atoms with Gasteiger partial charge in [0.2, 0.25) is 5.91 Å². The minimum absolute atomic E-state index is 0.0971. The first-order valence-corrected chi connectivity index (χ1v) is 9.61. The maximum Gasteiger partial charge on any atom is 0.276 e. The highest BCUT2D eigenvalue weighted by atomic mass is 19.1. The predicted molar refractivity (Wildman–Crippen MR) is 106 cm³/mol. The van der Waals surface area contributed by atoms with Gasteiger partial charge in [-0.25, -0.2) is 4.39 Å². The second kappa shape index (κ2) is 9.92. The average molecular weight is 400 g/mol. The van der Waals surface area contributed by atoms with Crippen molar-refractivity contribution >= 4 is 17.9 Å². The van der Waals surface area contributed by atoms with Gasteiger partial charge in [-0.1, -0.05) is 17.3 Å². The molecule has 1 fully saturated rings. The molecule has 154 valence electrons. The molecule has 1 aromatic heterocycles. The van der Waals surface area contributed by atoms with Gasteiger partial charge in [0, 0.05) is 45.3 Å². The number of likely N-dealkylation sites (N-methyl/N-ethyl adjacent to an activating group) is 1. The van der Waals surface area contributed by atoms with Crippen LogP contribution in [-0.4, -0.2) is 76.4 Å². The lowest BCUT2D eigenvalue weighted by Crippen LogP contribution is -2.47. The van der Waals surface area contributed by atoms with E-state index in [9.17, 15) is 14.0 Å². The van der Waals surface area contributed by atoms with Crippen molar-refractivity contribution in [3.63, 3.8) is 0 Å². The first kappa shape index (κ1) is 20.7. The zero-order valence-electron chi connectivity index (χ0n) is 16.4. The maximum absolute atomic E-state index is 13.1. The summed E-state index contributed by atoms with van der Waals surface area (Å²) in [7, 11) is 2.04. The van der Waals surface area contributed by atoms with Crippen molar-refractivity contribution in [3.8, 4) is 0 Å². The Bertz CT molecular complexity index is 873. The summed E-state index contributed by atoms with van der Waals surface area (Å²) in [4.78, 5) is 28.3. The zero-order valence-corrected chi connectivity index (χ0v) is 16.4. The molecule has 1 saturated heterocycles. The normalized spacial score (nSPS) is 15.0. The molecule has 3 rings (SSSR count). The van der Waals surface area contributed by atoms with E-state index >= 15 is 0 Å². The third-order valence-electron chi connectivity index (χ3n) is 4.69. The topological polar surface area (TPSA) is 83.4 Å². The van der Waals surface area contributed by atoms with E-state index in [0.717, 1.165) is 13.1 Å². The van der Waals surface area contributed by atoms with Gasteiger partial charge in [-0.2, -0.15) is 0 Å². The van der Waals surface area contributed by atoms with Gasteiger partial charge in [0.05, 0.1) is 6.20 Å². The Balaban J connectivity index is 1.38. The molecule has 1 N–H and O–H groups in total. The number of carbonyl (C=O) groups is 2. The van der Waals surface area contributed by atoms with Crippen LogP contribution in [0.25, 0.3) is 6.08 Å². The summed E-state index contributed by atoms with van der Waals surface area (Å²) in [6.07, 6.45) is 5.22. The largest absolute Gasteiger partial charge is 0.352 e. The van der Waals surface area contributed by atoms with E-state index in [1.807, 2.05) is 7.05 Å². The molecule has 0 spiro atoms. The van der Waals surface area contributed by atoms with Crippen LogP contribution in [0, 0.1) is 5.82 Å². The summed E-state index contributed by atoms with van der Waals surface area (Å²) in [6.45, 7) is 4.08. The number of aryl methyl sites for hydroxylation is 1. The lowest BCUT2D eigenvalue weighted by molar-refractivity contribution is -0.116. The van der Waals surface area contributed by atoms with Gasteiger partial charge in [0.1, 0.15) is 5.82 Å². The van der Waals surface area contributed by atoms with Crippen molar-refractivity contribution in [2.75, 3.05) is 39.8 Å². The fraction of sp³-hybridized carbons (Fsp3) is 0.400. The smallest absolute Gasteiger partial charge is 0.276 e. The fourth-order valence-corrected chi connectivity index (χ4v) is 2.97. The van der Waals surface area contributed by atoms with Crippen molar-refractivity contribution in [2.24, 2.45) is 0 Å². The maximum atomic E-state index is 13.1. The van der Waals surface area contributed by atoms with E-state index in [0.29, 0.717) is 43.9 Å². The highest BCUT2D eigenvalue weighted by Gasteiger charge is 2.22. The summed E-state index contributed by atoms with van der Waals surface area (Å²) in [5.74, 6) is -0.690. The molecule has 29 heavy (non-hydrogen) atoms. The standard InChI is InChI=1S/C20H25FN6O2/c1-25-10-12-26(13-11-25)20(29)18-15-27(24-23-18)9-3-8-22-19(28)7-6-16-4-2-5-17(21)14-16/h2,4-7,14-15H,3,8-13H2,1H3,(H,22,28)/b7-6-. The van der Waals surface area contributed by atoms with Gasteiger partial charge in [0.25, 0.3) is 5.91 Å². The Labute approximate surface area is 169 Å². The number of hydrogen-bond acceptors (Lipinski definition) is 5. The fourth-order valence-electron chi connectivity index (χ4n) is 2.97. The van der Waals surface area contributed by atoms with Crippen molar-refractivity contribution < 1.29 is 14.0 Å². The van der Waals surface area contributed by atoms with E-state index in [2.05, 4.69) is 20.5 Å². The molecule has 1 aromatic carbocycles. The summed E-state index contributed by atoms with van der Waals surface area (Å²) >= 11 is 0. The minimum Gasteiger partial charge on any atom is -0.352 e. The second-order valence-corrected chi connectivity index (χ2v) is 7.00. The summed E-state index contributed by atoms with van der Waals surface area (Å²) in [5, 5.41) is 10.7. The third-order valence-corrected chi connectivity index (χ3v) is 4.69. The molecule has 2 aromatic rings. The van der Waals surface area contributed by atoms with Gasteiger partial charge in [0.15, 0.2) is 5.69 Å². The zero-order chi connectivity index (χ0) is 20.6. The van der Waals surface area contributed by atoms with Crippen LogP contribution in [0.4, 0.5) is 4.39 Å². The SMILES string of the molecule is CN1CCN(C(=O)c2cn(CCCNC(=O)/C=C\c3cccc(F)c3)nn2)CC1. The summed E-state index contributed by atoms with van der Waals surface area (Å²) in [5.41, 5.74) is 0.969. The van der Waals surface area contributed by atoms with E-state index in [1.165, 1.54) is 18.2 Å². The van der Waals surface area contributed by atoms with Gasteiger partial charge < -0.3 is 15.1 Å². The van der Waals surface area contributed by atoms with E-state index < -0.39 is 0 Å². The van der Waals surface area contributed by atoms with Gasteiger partial charge >= 0.3 is 0 Å². The van der Waals surface area contributed by atoms with E-state index in [-0.39, 0.29) is 17.6 Å². The summed E-state index contributed by atoms with van der Waals surface area (Å²) < 4.78 is 14.7. The van der Waals surface area contributed by atoms with Crippen LogP contribution in [0.2, 0.25) is 0 Å². The van der Waals surface area contributed by atoms with Crippen LogP contribution in [0.3, 0.4) is 0 Å². The Hall–Kier alpha value is -3.07. The van der Waals surface area contributed by atoms with Gasteiger partial charge in [-0.3, -0.25) is 14.3 Å². The molecule has 0 radical (unpaired) electrons. The molecule has 0 aliphatic carbocycles. The number of piperazine rings is 1.